The average Bonchev–Trinajstić information content (AvgIpc) is 2.54. The van der Waals surface area contributed by atoms with Crippen LogP contribution in [0.1, 0.15) is 31.0 Å². The Kier molecular flexibility index (Phi) is 4.76. The summed E-state index contributed by atoms with van der Waals surface area (Å²) in [5.41, 5.74) is 1.23. The fraction of sp³-hybridized carbons (Fsp3) is 0.278. The summed E-state index contributed by atoms with van der Waals surface area (Å²) < 4.78 is 5.26. The third-order valence-corrected chi connectivity index (χ3v) is 3.60. The zero-order chi connectivity index (χ0) is 15.3. The highest BCUT2D eigenvalue weighted by Crippen LogP contribution is 2.23. The van der Waals surface area contributed by atoms with Crippen LogP contribution in [0.2, 0.25) is 0 Å². The predicted octanol–water partition coefficient (Wildman–Crippen LogP) is 3.32. The van der Waals surface area contributed by atoms with Crippen molar-refractivity contribution in [2.75, 3.05) is 7.11 Å². The van der Waals surface area contributed by atoms with Crippen molar-refractivity contribution in [2.24, 2.45) is 0 Å². The second-order valence-electron chi connectivity index (χ2n) is 5.44. The number of ether oxygens (including phenoxy) is 1. The molecule has 0 aromatic heterocycles. The number of carbonyl (C=O) groups is 1. The normalized spacial score (nSPS) is 11.4. The van der Waals surface area contributed by atoms with Crippen LogP contribution in [0.25, 0.3) is 0 Å². The molecule has 0 atom stereocenters. The minimum atomic E-state index is -0.859. The Morgan fingerprint density at radius 2 is 1.38 bits per heavy atom. The maximum Gasteiger partial charge on any atom is 0.252 e. The molecule has 21 heavy (non-hydrogen) atoms. The SMILES string of the molecule is COC(C)(C)C(=O)NC(c1ccccc1)c1ccccc1. The van der Waals surface area contributed by atoms with Gasteiger partial charge in [-0.3, -0.25) is 4.79 Å². The second-order valence-corrected chi connectivity index (χ2v) is 5.44. The number of carbonyl (C=O) groups excluding carboxylic acids is 1. The molecule has 3 nitrogen and oxygen atoms in total. The van der Waals surface area contributed by atoms with E-state index in [1.165, 1.54) is 0 Å². The number of nitrogens with one attached hydrogen (secondary N) is 1. The molecule has 2 rings (SSSR count). The largest absolute Gasteiger partial charge is 0.369 e. The van der Waals surface area contributed by atoms with E-state index in [9.17, 15) is 4.79 Å². The Morgan fingerprint density at radius 3 is 1.76 bits per heavy atom. The fourth-order valence-electron chi connectivity index (χ4n) is 2.05. The molecule has 0 fully saturated rings. The van der Waals surface area contributed by atoms with Gasteiger partial charge in [0, 0.05) is 7.11 Å². The molecule has 0 heterocycles. The minimum absolute atomic E-state index is 0.136. The third-order valence-electron chi connectivity index (χ3n) is 3.60. The molecule has 0 spiro atoms. The highest BCUT2D eigenvalue weighted by atomic mass is 16.5. The molecular weight excluding hydrogens is 262 g/mol. The summed E-state index contributed by atoms with van der Waals surface area (Å²) in [5.74, 6) is -0.136. The van der Waals surface area contributed by atoms with Gasteiger partial charge < -0.3 is 10.1 Å². The quantitative estimate of drug-likeness (QED) is 0.914. The zero-order valence-electron chi connectivity index (χ0n) is 12.7. The Bertz CT molecular complexity index is 539. The first-order valence-electron chi connectivity index (χ1n) is 7.00. The van der Waals surface area contributed by atoms with E-state index in [1.807, 2.05) is 60.7 Å². The van der Waals surface area contributed by atoms with Gasteiger partial charge in [0.2, 0.25) is 0 Å². The average molecular weight is 283 g/mol. The number of hydrogen-bond acceptors (Lipinski definition) is 2. The van der Waals surface area contributed by atoms with Crippen LogP contribution in [0.3, 0.4) is 0 Å². The first kappa shape index (κ1) is 15.3. The molecule has 0 saturated heterocycles. The molecule has 0 aliphatic rings. The van der Waals surface area contributed by atoms with E-state index in [0.29, 0.717) is 0 Å². The van der Waals surface area contributed by atoms with Gasteiger partial charge in [0.25, 0.3) is 5.91 Å². The second kappa shape index (κ2) is 6.55. The lowest BCUT2D eigenvalue weighted by Crippen LogP contribution is -2.45. The van der Waals surface area contributed by atoms with Crippen LogP contribution in [0.4, 0.5) is 0 Å². The lowest BCUT2D eigenvalue weighted by atomic mass is 9.97. The molecule has 3 heteroatoms. The maximum atomic E-state index is 12.4. The Morgan fingerprint density at radius 1 is 0.952 bits per heavy atom. The molecule has 0 bridgehead atoms. The summed E-state index contributed by atoms with van der Waals surface area (Å²) in [7, 11) is 1.54. The van der Waals surface area contributed by atoms with E-state index in [2.05, 4.69) is 5.32 Å². The van der Waals surface area contributed by atoms with Gasteiger partial charge in [-0.25, -0.2) is 0 Å². The van der Waals surface area contributed by atoms with Crippen molar-refractivity contribution in [3.63, 3.8) is 0 Å². The lowest BCUT2D eigenvalue weighted by molar-refractivity contribution is -0.140. The standard InChI is InChI=1S/C18H21NO2/c1-18(2,21-3)17(20)19-16(14-10-6-4-7-11-14)15-12-8-5-9-13-15/h4-13,16H,1-3H3,(H,19,20). The van der Waals surface area contributed by atoms with Crippen LogP contribution < -0.4 is 5.32 Å². The van der Waals surface area contributed by atoms with E-state index < -0.39 is 5.60 Å². The third kappa shape index (κ3) is 3.70. The lowest BCUT2D eigenvalue weighted by Gasteiger charge is -2.27. The first-order chi connectivity index (χ1) is 10.0. The van der Waals surface area contributed by atoms with Gasteiger partial charge in [-0.05, 0) is 25.0 Å². The van der Waals surface area contributed by atoms with Crippen molar-refractivity contribution < 1.29 is 9.53 Å². The number of rotatable bonds is 5. The van der Waals surface area contributed by atoms with Crippen molar-refractivity contribution in [2.45, 2.75) is 25.5 Å². The van der Waals surface area contributed by atoms with Crippen molar-refractivity contribution >= 4 is 5.91 Å². The molecule has 110 valence electrons. The number of amides is 1. The molecule has 0 radical (unpaired) electrons. The Labute approximate surface area is 126 Å². The van der Waals surface area contributed by atoms with E-state index in [-0.39, 0.29) is 11.9 Å². The molecule has 0 unspecified atom stereocenters. The van der Waals surface area contributed by atoms with E-state index in [0.717, 1.165) is 11.1 Å². The number of benzene rings is 2. The highest BCUT2D eigenvalue weighted by molar-refractivity contribution is 5.85. The highest BCUT2D eigenvalue weighted by Gasteiger charge is 2.29. The summed E-state index contributed by atoms with van der Waals surface area (Å²) in [5, 5.41) is 3.08. The van der Waals surface area contributed by atoms with Crippen LogP contribution in [0, 0.1) is 0 Å². The van der Waals surface area contributed by atoms with Gasteiger partial charge >= 0.3 is 0 Å². The van der Waals surface area contributed by atoms with Crippen LogP contribution in [0.15, 0.2) is 60.7 Å². The zero-order valence-corrected chi connectivity index (χ0v) is 12.7. The topological polar surface area (TPSA) is 38.3 Å². The monoisotopic (exact) mass is 283 g/mol. The minimum Gasteiger partial charge on any atom is -0.369 e. The van der Waals surface area contributed by atoms with E-state index in [1.54, 1.807) is 21.0 Å². The fourth-order valence-corrected chi connectivity index (χ4v) is 2.05. The molecule has 0 saturated carbocycles. The van der Waals surface area contributed by atoms with E-state index in [4.69, 9.17) is 4.74 Å². The van der Waals surface area contributed by atoms with Crippen molar-refractivity contribution in [3.05, 3.63) is 71.8 Å². The van der Waals surface area contributed by atoms with Gasteiger partial charge in [0.15, 0.2) is 0 Å². The molecule has 0 aliphatic carbocycles. The van der Waals surface area contributed by atoms with Crippen LogP contribution >= 0.6 is 0 Å². The van der Waals surface area contributed by atoms with Crippen LogP contribution in [0.5, 0.6) is 0 Å². The van der Waals surface area contributed by atoms with Gasteiger partial charge in [-0.15, -0.1) is 0 Å². The van der Waals surface area contributed by atoms with Crippen LogP contribution in [-0.2, 0) is 9.53 Å². The number of hydrogen-bond donors (Lipinski definition) is 1. The Hall–Kier alpha value is -2.13. The van der Waals surface area contributed by atoms with Gasteiger partial charge in [-0.1, -0.05) is 60.7 Å². The van der Waals surface area contributed by atoms with Gasteiger partial charge in [0.1, 0.15) is 5.60 Å². The summed E-state index contributed by atoms with van der Waals surface area (Å²) in [6.07, 6.45) is 0. The predicted molar refractivity (Wildman–Crippen MR) is 84.0 cm³/mol. The molecule has 2 aromatic carbocycles. The molecule has 1 N–H and O–H groups in total. The summed E-state index contributed by atoms with van der Waals surface area (Å²) in [4.78, 5) is 12.4. The first-order valence-corrected chi connectivity index (χ1v) is 7.00. The molecular formula is C18H21NO2. The number of methoxy groups -OCH3 is 1. The van der Waals surface area contributed by atoms with Crippen molar-refractivity contribution in [1.29, 1.82) is 0 Å². The summed E-state index contributed by atoms with van der Waals surface area (Å²) in [6.45, 7) is 3.52. The van der Waals surface area contributed by atoms with Crippen molar-refractivity contribution in [3.8, 4) is 0 Å². The van der Waals surface area contributed by atoms with Crippen molar-refractivity contribution in [1.82, 2.24) is 5.32 Å². The summed E-state index contributed by atoms with van der Waals surface area (Å²) in [6, 6.07) is 19.7. The Balaban J connectivity index is 2.32. The molecule has 0 aliphatic heterocycles. The van der Waals surface area contributed by atoms with E-state index >= 15 is 0 Å². The maximum absolute atomic E-state index is 12.4. The van der Waals surface area contributed by atoms with Gasteiger partial charge in [0.05, 0.1) is 6.04 Å². The van der Waals surface area contributed by atoms with Crippen LogP contribution in [-0.4, -0.2) is 18.6 Å². The molecule has 1 amide bonds. The summed E-state index contributed by atoms with van der Waals surface area (Å²) >= 11 is 0. The molecule has 2 aromatic rings. The smallest absolute Gasteiger partial charge is 0.252 e. The van der Waals surface area contributed by atoms with Gasteiger partial charge in [-0.2, -0.15) is 0 Å².